The van der Waals surface area contributed by atoms with Gasteiger partial charge in [-0.2, -0.15) is 0 Å². The maximum atomic E-state index is 11.2. The number of hydrogen-bond donors (Lipinski definition) is 0. The first-order valence-electron chi connectivity index (χ1n) is 4.86. The highest BCUT2D eigenvalue weighted by atomic mass is 35.5. The second-order valence-electron chi connectivity index (χ2n) is 3.05. The van der Waals surface area contributed by atoms with Crippen LogP contribution in [0.2, 0.25) is 5.02 Å². The summed E-state index contributed by atoms with van der Waals surface area (Å²) in [7, 11) is 0. The van der Waals surface area contributed by atoms with E-state index >= 15 is 0 Å². The molecule has 0 aliphatic heterocycles. The number of hydrogen-bond acceptors (Lipinski definition) is 3. The largest absolute Gasteiger partial charge is 0.462 e. The molecule has 0 aromatic heterocycles. The first-order chi connectivity index (χ1) is 7.63. The lowest BCUT2D eigenvalue weighted by Gasteiger charge is -1.97. The van der Waals surface area contributed by atoms with Crippen molar-refractivity contribution in [2.75, 3.05) is 6.61 Å². The molecule has 0 aliphatic rings. The SMILES string of the molecule is CCOC(=O)C(C)=C=Nc1ccc(Cl)cc1. The molecule has 0 saturated carbocycles. The van der Waals surface area contributed by atoms with Crippen molar-refractivity contribution in [3.8, 4) is 0 Å². The first-order valence-corrected chi connectivity index (χ1v) is 5.24. The molecule has 4 heteroatoms. The van der Waals surface area contributed by atoms with Crippen LogP contribution in [-0.2, 0) is 9.53 Å². The number of benzene rings is 1. The second-order valence-corrected chi connectivity index (χ2v) is 3.48. The molecule has 0 spiro atoms. The van der Waals surface area contributed by atoms with Gasteiger partial charge in [-0.25, -0.2) is 9.79 Å². The van der Waals surface area contributed by atoms with Crippen molar-refractivity contribution < 1.29 is 9.53 Å². The van der Waals surface area contributed by atoms with E-state index in [-0.39, 0.29) is 0 Å². The minimum atomic E-state index is -0.403. The highest BCUT2D eigenvalue weighted by Gasteiger charge is 2.02. The summed E-state index contributed by atoms with van der Waals surface area (Å²) in [4.78, 5) is 15.2. The second kappa shape index (κ2) is 6.11. The van der Waals surface area contributed by atoms with E-state index in [9.17, 15) is 4.79 Å². The van der Waals surface area contributed by atoms with Crippen LogP contribution in [0.4, 0.5) is 5.69 Å². The fourth-order valence-corrected chi connectivity index (χ4v) is 1.08. The average Bonchev–Trinajstić information content (AvgIpc) is 2.28. The monoisotopic (exact) mass is 237 g/mol. The van der Waals surface area contributed by atoms with Gasteiger partial charge in [0.2, 0.25) is 0 Å². The minimum Gasteiger partial charge on any atom is -0.462 e. The van der Waals surface area contributed by atoms with Crippen LogP contribution in [0.3, 0.4) is 0 Å². The van der Waals surface area contributed by atoms with Gasteiger partial charge < -0.3 is 4.74 Å². The molecule has 0 amide bonds. The van der Waals surface area contributed by atoms with Gasteiger partial charge >= 0.3 is 5.97 Å². The zero-order valence-corrected chi connectivity index (χ0v) is 9.91. The lowest BCUT2D eigenvalue weighted by atomic mass is 10.3. The summed E-state index contributed by atoms with van der Waals surface area (Å²) in [5.41, 5.74) is 1.03. The highest BCUT2D eigenvalue weighted by molar-refractivity contribution is 6.30. The van der Waals surface area contributed by atoms with Gasteiger partial charge in [0.1, 0.15) is 0 Å². The van der Waals surface area contributed by atoms with Gasteiger partial charge in [0.25, 0.3) is 0 Å². The van der Waals surface area contributed by atoms with Crippen molar-refractivity contribution in [2.45, 2.75) is 13.8 Å². The average molecular weight is 238 g/mol. The topological polar surface area (TPSA) is 38.7 Å². The Morgan fingerprint density at radius 2 is 2.06 bits per heavy atom. The van der Waals surface area contributed by atoms with Gasteiger partial charge in [0.05, 0.1) is 17.9 Å². The van der Waals surface area contributed by atoms with Crippen molar-refractivity contribution >= 4 is 29.1 Å². The maximum absolute atomic E-state index is 11.2. The molecule has 0 fully saturated rings. The summed E-state index contributed by atoms with van der Waals surface area (Å²) in [5.74, 6) is 2.22. The molecule has 0 radical (unpaired) electrons. The van der Waals surface area contributed by atoms with Crippen LogP contribution in [0.5, 0.6) is 0 Å². The standard InChI is InChI=1S/C12H12ClNO2/c1-3-16-12(15)9(2)8-14-11-6-4-10(13)5-7-11/h4-7H,3H2,1-2H3. The number of carbonyl (C=O) groups is 1. The van der Waals surface area contributed by atoms with Crippen molar-refractivity contribution in [2.24, 2.45) is 4.99 Å². The number of rotatable bonds is 3. The van der Waals surface area contributed by atoms with E-state index in [0.717, 1.165) is 0 Å². The molecule has 0 heterocycles. The van der Waals surface area contributed by atoms with Crippen molar-refractivity contribution in [1.82, 2.24) is 0 Å². The predicted molar refractivity (Wildman–Crippen MR) is 64.4 cm³/mol. The van der Waals surface area contributed by atoms with Crippen molar-refractivity contribution in [1.29, 1.82) is 0 Å². The molecule has 0 unspecified atom stereocenters. The quantitative estimate of drug-likeness (QED) is 0.460. The smallest absolute Gasteiger partial charge is 0.343 e. The van der Waals surface area contributed by atoms with E-state index in [2.05, 4.69) is 10.9 Å². The molecule has 0 saturated heterocycles. The fourth-order valence-electron chi connectivity index (χ4n) is 0.949. The fraction of sp³-hybridized carbons (Fsp3) is 0.250. The molecular weight excluding hydrogens is 226 g/mol. The Hall–Kier alpha value is -1.57. The van der Waals surface area contributed by atoms with Gasteiger partial charge in [-0.1, -0.05) is 11.6 Å². The van der Waals surface area contributed by atoms with Crippen molar-refractivity contribution in [3.63, 3.8) is 0 Å². The molecule has 16 heavy (non-hydrogen) atoms. The zero-order chi connectivity index (χ0) is 12.0. The third kappa shape index (κ3) is 3.89. The van der Waals surface area contributed by atoms with Crippen LogP contribution in [0.25, 0.3) is 0 Å². The molecule has 3 nitrogen and oxygen atoms in total. The Morgan fingerprint density at radius 3 is 2.62 bits per heavy atom. The summed E-state index contributed by atoms with van der Waals surface area (Å²) in [6, 6.07) is 6.94. The van der Waals surface area contributed by atoms with Crippen LogP contribution >= 0.6 is 11.6 Å². The lowest BCUT2D eigenvalue weighted by Crippen LogP contribution is -2.05. The number of esters is 1. The molecule has 0 bridgehead atoms. The summed E-state index contributed by atoms with van der Waals surface area (Å²) >= 11 is 5.72. The van der Waals surface area contributed by atoms with Gasteiger partial charge in [-0.3, -0.25) is 0 Å². The molecule has 0 aliphatic carbocycles. The predicted octanol–water partition coefficient (Wildman–Crippen LogP) is 3.15. The van der Waals surface area contributed by atoms with E-state index in [1.807, 2.05) is 0 Å². The van der Waals surface area contributed by atoms with Gasteiger partial charge in [-0.05, 0) is 44.0 Å². The van der Waals surface area contributed by atoms with Crippen LogP contribution in [0.1, 0.15) is 13.8 Å². The third-order valence-corrected chi connectivity index (χ3v) is 2.01. The van der Waals surface area contributed by atoms with Gasteiger partial charge in [0, 0.05) is 5.02 Å². The highest BCUT2D eigenvalue weighted by Crippen LogP contribution is 2.15. The Morgan fingerprint density at radius 1 is 1.44 bits per heavy atom. The molecular formula is C12H12ClNO2. The van der Waals surface area contributed by atoms with E-state index in [1.165, 1.54) is 0 Å². The van der Waals surface area contributed by atoms with Crippen molar-refractivity contribution in [3.05, 3.63) is 34.9 Å². The van der Waals surface area contributed by atoms with E-state index < -0.39 is 5.97 Å². The molecule has 1 aromatic rings. The summed E-state index contributed by atoms with van der Waals surface area (Å²) in [6.45, 7) is 3.71. The van der Waals surface area contributed by atoms with Gasteiger partial charge in [-0.15, -0.1) is 0 Å². The molecule has 0 atom stereocenters. The summed E-state index contributed by atoms with van der Waals surface area (Å²) in [5, 5.41) is 0.644. The Kier molecular flexibility index (Phi) is 4.77. The van der Waals surface area contributed by atoms with Gasteiger partial charge in [0.15, 0.2) is 0 Å². The van der Waals surface area contributed by atoms with E-state index in [4.69, 9.17) is 16.3 Å². The Bertz CT molecular complexity index is 431. The number of ether oxygens (including phenoxy) is 1. The zero-order valence-electron chi connectivity index (χ0n) is 9.16. The Labute approximate surface area is 99.4 Å². The van der Waals surface area contributed by atoms with E-state index in [1.54, 1.807) is 38.1 Å². The lowest BCUT2D eigenvalue weighted by molar-refractivity contribution is -0.138. The molecule has 1 rings (SSSR count). The van der Waals surface area contributed by atoms with Crippen LogP contribution in [0, 0.1) is 0 Å². The summed E-state index contributed by atoms with van der Waals surface area (Å²) < 4.78 is 4.79. The molecule has 1 aromatic carbocycles. The van der Waals surface area contributed by atoms with Crippen LogP contribution in [0.15, 0.2) is 34.8 Å². The normalized spacial score (nSPS) is 9.19. The minimum absolute atomic E-state index is 0.344. The number of nitrogens with zero attached hydrogens (tertiary/aromatic N) is 1. The Balaban J connectivity index is 2.82. The summed E-state index contributed by atoms with van der Waals surface area (Å²) in [6.07, 6.45) is 0. The number of aliphatic imine (C=N–C) groups is 1. The first kappa shape index (κ1) is 12.5. The number of halogens is 1. The van der Waals surface area contributed by atoms with E-state index in [0.29, 0.717) is 22.9 Å². The third-order valence-electron chi connectivity index (χ3n) is 1.76. The van der Waals surface area contributed by atoms with Crippen LogP contribution < -0.4 is 0 Å². The van der Waals surface area contributed by atoms with Crippen LogP contribution in [-0.4, -0.2) is 18.4 Å². The molecule has 0 N–H and O–H groups in total. The molecule has 84 valence electrons. The number of carbonyl (C=O) groups excluding carboxylic acids is 1. The maximum Gasteiger partial charge on any atom is 0.343 e.